The van der Waals surface area contributed by atoms with Crippen molar-refractivity contribution < 1.29 is 8.42 Å². The third-order valence-corrected chi connectivity index (χ3v) is 5.00. The van der Waals surface area contributed by atoms with Crippen LogP contribution in [-0.4, -0.2) is 8.42 Å². The third-order valence-electron chi connectivity index (χ3n) is 3.62. The van der Waals surface area contributed by atoms with E-state index in [4.69, 9.17) is 0 Å². The SMILES string of the molecule is Cc1ccc(S(=O)(=O)Nc2ccccc2C#Cc2ccccc2)cc1. The minimum absolute atomic E-state index is 0.226. The summed E-state index contributed by atoms with van der Waals surface area (Å²) < 4.78 is 27.8. The normalized spacial score (nSPS) is 10.6. The number of hydrogen-bond donors (Lipinski definition) is 1. The molecule has 0 aliphatic heterocycles. The molecule has 3 aromatic carbocycles. The quantitative estimate of drug-likeness (QED) is 0.722. The number of para-hydroxylation sites is 1. The lowest BCUT2D eigenvalue weighted by molar-refractivity contribution is 0.601. The van der Waals surface area contributed by atoms with Crippen molar-refractivity contribution in [3.63, 3.8) is 0 Å². The van der Waals surface area contributed by atoms with Gasteiger partial charge in [-0.2, -0.15) is 0 Å². The third kappa shape index (κ3) is 4.28. The first-order valence-electron chi connectivity index (χ1n) is 7.80. The highest BCUT2D eigenvalue weighted by atomic mass is 32.2. The van der Waals surface area contributed by atoms with Gasteiger partial charge in [0.05, 0.1) is 10.6 Å². The molecule has 3 nitrogen and oxygen atoms in total. The summed E-state index contributed by atoms with van der Waals surface area (Å²) in [4.78, 5) is 0.226. The molecule has 0 spiro atoms. The fourth-order valence-electron chi connectivity index (χ4n) is 2.26. The highest BCUT2D eigenvalue weighted by molar-refractivity contribution is 7.92. The van der Waals surface area contributed by atoms with E-state index < -0.39 is 10.0 Å². The molecule has 124 valence electrons. The molecule has 0 unspecified atom stereocenters. The molecule has 0 radical (unpaired) electrons. The van der Waals surface area contributed by atoms with Gasteiger partial charge in [0.1, 0.15) is 0 Å². The van der Waals surface area contributed by atoms with Gasteiger partial charge in [-0.1, -0.05) is 59.9 Å². The van der Waals surface area contributed by atoms with Gasteiger partial charge in [0.15, 0.2) is 0 Å². The fourth-order valence-corrected chi connectivity index (χ4v) is 3.34. The van der Waals surface area contributed by atoms with Gasteiger partial charge in [-0.15, -0.1) is 0 Å². The fraction of sp³-hybridized carbons (Fsp3) is 0.0476. The van der Waals surface area contributed by atoms with Gasteiger partial charge >= 0.3 is 0 Å². The minimum Gasteiger partial charge on any atom is -0.278 e. The van der Waals surface area contributed by atoms with Crippen molar-refractivity contribution in [1.82, 2.24) is 0 Å². The number of nitrogens with one attached hydrogen (secondary N) is 1. The standard InChI is InChI=1S/C21H17NO2S/c1-17-11-15-20(16-12-17)25(23,24)22-21-10-6-5-9-19(21)14-13-18-7-3-2-4-8-18/h2-12,15-16,22H,1H3. The van der Waals surface area contributed by atoms with Gasteiger partial charge in [-0.05, 0) is 43.3 Å². The molecule has 0 amide bonds. The Hall–Kier alpha value is -3.03. The van der Waals surface area contributed by atoms with E-state index in [1.807, 2.05) is 43.3 Å². The molecule has 0 atom stereocenters. The molecule has 0 heterocycles. The summed E-state index contributed by atoms with van der Waals surface area (Å²) in [5.41, 5.74) is 2.97. The minimum atomic E-state index is -3.65. The lowest BCUT2D eigenvalue weighted by Gasteiger charge is -2.10. The zero-order chi connectivity index (χ0) is 17.7. The Morgan fingerprint density at radius 2 is 1.40 bits per heavy atom. The van der Waals surface area contributed by atoms with Gasteiger partial charge in [-0.3, -0.25) is 4.72 Å². The molecule has 4 heteroatoms. The number of benzene rings is 3. The maximum atomic E-state index is 12.6. The Morgan fingerprint density at radius 1 is 0.760 bits per heavy atom. The van der Waals surface area contributed by atoms with Crippen LogP contribution in [0.2, 0.25) is 0 Å². The summed E-state index contributed by atoms with van der Waals surface area (Å²) in [6.45, 7) is 1.91. The summed E-state index contributed by atoms with van der Waals surface area (Å²) in [6, 6.07) is 23.4. The van der Waals surface area contributed by atoms with Crippen LogP contribution in [0.25, 0.3) is 0 Å². The predicted molar refractivity (Wildman–Crippen MR) is 101 cm³/mol. The van der Waals surface area contributed by atoms with Crippen molar-refractivity contribution in [2.75, 3.05) is 4.72 Å². The molecular weight excluding hydrogens is 330 g/mol. The van der Waals surface area contributed by atoms with Crippen LogP contribution >= 0.6 is 0 Å². The summed E-state index contributed by atoms with van der Waals surface area (Å²) in [6.07, 6.45) is 0. The summed E-state index contributed by atoms with van der Waals surface area (Å²) in [5.74, 6) is 6.09. The van der Waals surface area contributed by atoms with Crippen molar-refractivity contribution in [2.45, 2.75) is 11.8 Å². The first kappa shape index (κ1) is 16.8. The van der Waals surface area contributed by atoms with Crippen molar-refractivity contribution in [3.8, 4) is 11.8 Å². The van der Waals surface area contributed by atoms with E-state index in [-0.39, 0.29) is 4.90 Å². The summed E-state index contributed by atoms with van der Waals surface area (Å²) >= 11 is 0. The molecular formula is C21H17NO2S. The molecule has 0 aliphatic rings. The average molecular weight is 347 g/mol. The van der Waals surface area contributed by atoms with Gasteiger partial charge in [0.25, 0.3) is 10.0 Å². The monoisotopic (exact) mass is 347 g/mol. The van der Waals surface area contributed by atoms with Crippen molar-refractivity contribution >= 4 is 15.7 Å². The topological polar surface area (TPSA) is 46.2 Å². The Kier molecular flexibility index (Phi) is 4.87. The lowest BCUT2D eigenvalue weighted by Crippen LogP contribution is -2.13. The molecule has 1 N–H and O–H groups in total. The van der Waals surface area contributed by atoms with Crippen LogP contribution in [0.3, 0.4) is 0 Å². The van der Waals surface area contributed by atoms with E-state index in [1.165, 1.54) is 0 Å². The Bertz CT molecular complexity index is 1030. The summed E-state index contributed by atoms with van der Waals surface area (Å²) in [7, 11) is -3.65. The van der Waals surface area contributed by atoms with Crippen molar-refractivity contribution in [1.29, 1.82) is 0 Å². The van der Waals surface area contributed by atoms with E-state index in [2.05, 4.69) is 16.6 Å². The number of hydrogen-bond acceptors (Lipinski definition) is 2. The zero-order valence-corrected chi connectivity index (χ0v) is 14.5. The van der Waals surface area contributed by atoms with Crippen LogP contribution in [0.4, 0.5) is 5.69 Å². The van der Waals surface area contributed by atoms with E-state index in [0.29, 0.717) is 11.3 Å². The molecule has 0 saturated heterocycles. The first-order chi connectivity index (χ1) is 12.0. The number of aryl methyl sites for hydroxylation is 1. The molecule has 0 aliphatic carbocycles. The molecule has 0 bridgehead atoms. The molecule has 25 heavy (non-hydrogen) atoms. The molecule has 0 fully saturated rings. The van der Waals surface area contributed by atoms with Crippen molar-refractivity contribution in [3.05, 3.63) is 95.6 Å². The maximum absolute atomic E-state index is 12.6. The Labute approximate surface area is 148 Å². The second-order valence-electron chi connectivity index (χ2n) is 5.58. The molecule has 0 saturated carbocycles. The molecule has 0 aromatic heterocycles. The second-order valence-corrected chi connectivity index (χ2v) is 7.26. The molecule has 3 rings (SSSR count). The number of rotatable bonds is 3. The highest BCUT2D eigenvalue weighted by Gasteiger charge is 2.15. The van der Waals surface area contributed by atoms with Crippen LogP contribution in [0, 0.1) is 18.8 Å². The highest BCUT2D eigenvalue weighted by Crippen LogP contribution is 2.20. The van der Waals surface area contributed by atoms with Gasteiger partial charge in [-0.25, -0.2) is 8.42 Å². The Balaban J connectivity index is 1.91. The van der Waals surface area contributed by atoms with E-state index in [1.54, 1.807) is 42.5 Å². The van der Waals surface area contributed by atoms with Crippen LogP contribution < -0.4 is 4.72 Å². The van der Waals surface area contributed by atoms with Crippen molar-refractivity contribution in [2.24, 2.45) is 0 Å². The van der Waals surface area contributed by atoms with Crippen LogP contribution in [-0.2, 0) is 10.0 Å². The van der Waals surface area contributed by atoms with Gasteiger partial charge in [0, 0.05) is 11.1 Å². The molecule has 3 aromatic rings. The predicted octanol–water partition coefficient (Wildman–Crippen LogP) is 4.20. The lowest BCUT2D eigenvalue weighted by atomic mass is 10.1. The first-order valence-corrected chi connectivity index (χ1v) is 9.28. The van der Waals surface area contributed by atoms with Crippen LogP contribution in [0.15, 0.2) is 83.8 Å². The van der Waals surface area contributed by atoms with Gasteiger partial charge in [0.2, 0.25) is 0 Å². The van der Waals surface area contributed by atoms with E-state index in [9.17, 15) is 8.42 Å². The number of anilines is 1. The largest absolute Gasteiger partial charge is 0.278 e. The van der Waals surface area contributed by atoms with E-state index in [0.717, 1.165) is 11.1 Å². The summed E-state index contributed by atoms with van der Waals surface area (Å²) in [5, 5.41) is 0. The smallest absolute Gasteiger partial charge is 0.261 e. The zero-order valence-electron chi connectivity index (χ0n) is 13.7. The Morgan fingerprint density at radius 3 is 2.12 bits per heavy atom. The van der Waals surface area contributed by atoms with Gasteiger partial charge < -0.3 is 0 Å². The van der Waals surface area contributed by atoms with Crippen LogP contribution in [0.5, 0.6) is 0 Å². The van der Waals surface area contributed by atoms with Crippen LogP contribution in [0.1, 0.15) is 16.7 Å². The second kappa shape index (κ2) is 7.25. The van der Waals surface area contributed by atoms with E-state index >= 15 is 0 Å². The average Bonchev–Trinajstić information content (AvgIpc) is 2.62. The number of sulfonamides is 1. The maximum Gasteiger partial charge on any atom is 0.261 e.